The van der Waals surface area contributed by atoms with Gasteiger partial charge in [0.05, 0.1) is 30.8 Å². The summed E-state index contributed by atoms with van der Waals surface area (Å²) in [5.74, 6) is 0.151. The largest absolute Gasteiger partial charge is 0.378 e. The molecular weight excluding hydrogens is 318 g/mol. The number of morpholine rings is 1. The Morgan fingerprint density at radius 1 is 1.35 bits per heavy atom. The summed E-state index contributed by atoms with van der Waals surface area (Å²) < 4.78 is 39.8. The molecule has 130 valence electrons. The Balaban J connectivity index is 1.60. The number of ether oxygens (including phenoxy) is 2. The average Bonchev–Trinajstić information content (AvgIpc) is 3.24. The zero-order chi connectivity index (χ0) is 16.3. The van der Waals surface area contributed by atoms with Crippen LogP contribution in [0.2, 0.25) is 0 Å². The molecule has 0 saturated carbocycles. The molecule has 0 amide bonds. The number of hydrogen-bond acceptors (Lipinski definition) is 5. The summed E-state index contributed by atoms with van der Waals surface area (Å²) in [6, 6.07) is 0. The topological polar surface area (TPSA) is 73.7 Å². The molecule has 0 bridgehead atoms. The van der Waals surface area contributed by atoms with Gasteiger partial charge in [-0.3, -0.25) is 4.68 Å². The van der Waals surface area contributed by atoms with Crippen LogP contribution in [0.1, 0.15) is 37.9 Å². The zero-order valence-corrected chi connectivity index (χ0v) is 14.4. The molecule has 0 spiro atoms. The molecule has 0 unspecified atom stereocenters. The van der Waals surface area contributed by atoms with Gasteiger partial charge in [-0.25, -0.2) is 8.42 Å². The molecule has 1 aromatic heterocycles. The lowest BCUT2D eigenvalue weighted by molar-refractivity contribution is -0.00270. The highest BCUT2D eigenvalue weighted by molar-refractivity contribution is 7.89. The van der Waals surface area contributed by atoms with Crippen molar-refractivity contribution in [3.63, 3.8) is 0 Å². The number of aromatic nitrogens is 2. The third-order valence-electron chi connectivity index (χ3n) is 4.49. The smallest absolute Gasteiger partial charge is 0.214 e. The maximum atomic E-state index is 12.6. The van der Waals surface area contributed by atoms with E-state index < -0.39 is 10.0 Å². The van der Waals surface area contributed by atoms with E-state index in [-0.39, 0.29) is 18.0 Å². The normalized spacial score (nSPS) is 26.7. The van der Waals surface area contributed by atoms with E-state index in [9.17, 15) is 8.42 Å². The van der Waals surface area contributed by atoms with Gasteiger partial charge < -0.3 is 9.47 Å². The SMILES string of the molecule is CCn1cc([C@@H]2CN(S(=O)(=O)CC[C@H]3CCCO3)CCO2)cn1. The molecule has 0 aromatic carbocycles. The first-order valence-electron chi connectivity index (χ1n) is 8.32. The highest BCUT2D eigenvalue weighted by Gasteiger charge is 2.31. The van der Waals surface area contributed by atoms with Crippen LogP contribution in [0.5, 0.6) is 0 Å². The molecule has 2 aliphatic heterocycles. The van der Waals surface area contributed by atoms with Gasteiger partial charge >= 0.3 is 0 Å². The maximum Gasteiger partial charge on any atom is 0.214 e. The number of sulfonamides is 1. The van der Waals surface area contributed by atoms with Crippen LogP contribution in [0.4, 0.5) is 0 Å². The quantitative estimate of drug-likeness (QED) is 0.775. The first-order chi connectivity index (χ1) is 11.1. The summed E-state index contributed by atoms with van der Waals surface area (Å²) in [7, 11) is -3.26. The van der Waals surface area contributed by atoms with Crippen molar-refractivity contribution in [3.8, 4) is 0 Å². The van der Waals surface area contributed by atoms with E-state index >= 15 is 0 Å². The molecule has 0 aliphatic carbocycles. The van der Waals surface area contributed by atoms with Gasteiger partial charge in [0.1, 0.15) is 0 Å². The Kier molecular flexibility index (Phi) is 5.35. The first kappa shape index (κ1) is 16.9. The number of hydrogen-bond donors (Lipinski definition) is 0. The Morgan fingerprint density at radius 2 is 2.22 bits per heavy atom. The lowest BCUT2D eigenvalue weighted by Crippen LogP contribution is -2.43. The summed E-state index contributed by atoms with van der Waals surface area (Å²) in [6.07, 6.45) is 6.14. The van der Waals surface area contributed by atoms with Crippen LogP contribution >= 0.6 is 0 Å². The van der Waals surface area contributed by atoms with Crippen molar-refractivity contribution in [2.75, 3.05) is 32.1 Å². The fraction of sp³-hybridized carbons (Fsp3) is 0.800. The van der Waals surface area contributed by atoms with E-state index in [2.05, 4.69) is 5.10 Å². The summed E-state index contributed by atoms with van der Waals surface area (Å²) in [5.41, 5.74) is 0.936. The molecule has 2 aliphatic rings. The molecule has 0 radical (unpaired) electrons. The third-order valence-corrected chi connectivity index (χ3v) is 6.36. The fourth-order valence-corrected chi connectivity index (χ4v) is 4.61. The molecule has 3 rings (SSSR count). The monoisotopic (exact) mass is 343 g/mol. The number of aryl methyl sites for hydroxylation is 1. The van der Waals surface area contributed by atoms with Crippen LogP contribution in [-0.4, -0.2) is 60.7 Å². The molecule has 2 saturated heterocycles. The van der Waals surface area contributed by atoms with Crippen LogP contribution in [-0.2, 0) is 26.0 Å². The van der Waals surface area contributed by atoms with Gasteiger partial charge in [0.25, 0.3) is 0 Å². The van der Waals surface area contributed by atoms with Gasteiger partial charge in [-0.2, -0.15) is 9.40 Å². The predicted molar refractivity (Wildman–Crippen MR) is 85.5 cm³/mol. The maximum absolute atomic E-state index is 12.6. The predicted octanol–water partition coefficient (Wildman–Crippen LogP) is 1.18. The average molecular weight is 343 g/mol. The van der Waals surface area contributed by atoms with Gasteiger partial charge in [-0.05, 0) is 26.2 Å². The van der Waals surface area contributed by atoms with E-state index in [1.54, 1.807) is 10.5 Å². The Morgan fingerprint density at radius 3 is 2.91 bits per heavy atom. The van der Waals surface area contributed by atoms with Gasteiger partial charge in [0.15, 0.2) is 0 Å². The fourth-order valence-electron chi connectivity index (χ4n) is 3.08. The van der Waals surface area contributed by atoms with E-state index in [4.69, 9.17) is 9.47 Å². The highest BCUT2D eigenvalue weighted by atomic mass is 32.2. The minimum absolute atomic E-state index is 0.101. The molecule has 1 aromatic rings. The molecule has 8 heteroatoms. The van der Waals surface area contributed by atoms with Crippen molar-refractivity contribution in [2.45, 2.75) is 44.9 Å². The van der Waals surface area contributed by atoms with Crippen molar-refractivity contribution < 1.29 is 17.9 Å². The minimum Gasteiger partial charge on any atom is -0.378 e. The Labute approximate surface area is 137 Å². The van der Waals surface area contributed by atoms with Crippen LogP contribution in [0.15, 0.2) is 12.4 Å². The van der Waals surface area contributed by atoms with Crippen molar-refractivity contribution >= 4 is 10.0 Å². The molecule has 3 heterocycles. The van der Waals surface area contributed by atoms with Crippen LogP contribution in [0.3, 0.4) is 0 Å². The second kappa shape index (κ2) is 7.29. The minimum atomic E-state index is -3.26. The van der Waals surface area contributed by atoms with Crippen molar-refractivity contribution in [1.82, 2.24) is 14.1 Å². The van der Waals surface area contributed by atoms with Crippen molar-refractivity contribution in [3.05, 3.63) is 18.0 Å². The van der Waals surface area contributed by atoms with Crippen LogP contribution in [0, 0.1) is 0 Å². The first-order valence-corrected chi connectivity index (χ1v) is 9.93. The highest BCUT2D eigenvalue weighted by Crippen LogP contribution is 2.24. The van der Waals surface area contributed by atoms with Gasteiger partial charge in [-0.15, -0.1) is 0 Å². The van der Waals surface area contributed by atoms with Crippen LogP contribution in [0.25, 0.3) is 0 Å². The zero-order valence-electron chi connectivity index (χ0n) is 13.6. The summed E-state index contributed by atoms with van der Waals surface area (Å²) in [6.45, 7) is 4.76. The lowest BCUT2D eigenvalue weighted by atomic mass is 10.2. The lowest BCUT2D eigenvalue weighted by Gasteiger charge is -2.32. The molecule has 2 atom stereocenters. The van der Waals surface area contributed by atoms with Crippen LogP contribution < -0.4 is 0 Å². The Bertz CT molecular complexity index is 610. The van der Waals surface area contributed by atoms with Gasteiger partial charge in [0.2, 0.25) is 10.0 Å². The van der Waals surface area contributed by atoms with E-state index in [1.807, 2.05) is 17.8 Å². The van der Waals surface area contributed by atoms with E-state index in [0.29, 0.717) is 26.1 Å². The molecule has 7 nitrogen and oxygen atoms in total. The molecule has 23 heavy (non-hydrogen) atoms. The summed E-state index contributed by atoms with van der Waals surface area (Å²) in [4.78, 5) is 0. The standard InChI is InChI=1S/C15H25N3O4S/c1-2-17-11-13(10-16-17)15-12-18(6-8-22-15)23(19,20)9-5-14-4-3-7-21-14/h10-11,14-15H,2-9,12H2,1H3/t14-,15+/m1/s1. The number of nitrogens with zero attached hydrogens (tertiary/aromatic N) is 3. The molecule has 2 fully saturated rings. The summed E-state index contributed by atoms with van der Waals surface area (Å²) >= 11 is 0. The Hall–Kier alpha value is -0.960. The van der Waals surface area contributed by atoms with Gasteiger partial charge in [-0.1, -0.05) is 0 Å². The molecular formula is C15H25N3O4S. The number of rotatable bonds is 6. The van der Waals surface area contributed by atoms with E-state index in [1.165, 1.54) is 0 Å². The van der Waals surface area contributed by atoms with Crippen molar-refractivity contribution in [1.29, 1.82) is 0 Å². The third kappa shape index (κ3) is 4.12. The van der Waals surface area contributed by atoms with E-state index in [0.717, 1.165) is 31.6 Å². The van der Waals surface area contributed by atoms with Gasteiger partial charge in [0, 0.05) is 38.0 Å². The second-order valence-corrected chi connectivity index (χ2v) is 8.17. The summed E-state index contributed by atoms with van der Waals surface area (Å²) in [5, 5.41) is 4.24. The van der Waals surface area contributed by atoms with Crippen molar-refractivity contribution in [2.24, 2.45) is 0 Å². The molecule has 0 N–H and O–H groups in total. The second-order valence-electron chi connectivity index (χ2n) is 6.09.